The van der Waals surface area contributed by atoms with Gasteiger partial charge in [0.2, 0.25) is 0 Å². The Bertz CT molecular complexity index is 611. The van der Waals surface area contributed by atoms with Crippen LogP contribution in [-0.4, -0.2) is 16.3 Å². The zero-order valence-electron chi connectivity index (χ0n) is 12.0. The molecular weight excluding hydrogens is 340 g/mol. The largest absolute Gasteiger partial charge is 0.311 e. The Morgan fingerprint density at radius 1 is 1.29 bits per heavy atom. The SMILES string of the molecule is CC(C)CNCc1ccn(Cc2c(F)ccc(Br)c2F)n1. The number of hydrogen-bond donors (Lipinski definition) is 1. The van der Waals surface area contributed by atoms with Crippen LogP contribution in [0, 0.1) is 17.6 Å². The molecule has 2 aromatic rings. The second kappa shape index (κ2) is 7.13. The van der Waals surface area contributed by atoms with Crippen molar-refractivity contribution in [3.63, 3.8) is 0 Å². The van der Waals surface area contributed by atoms with Crippen molar-refractivity contribution in [1.29, 1.82) is 0 Å². The molecular formula is C15H18BrF2N3. The Kier molecular flexibility index (Phi) is 5.47. The van der Waals surface area contributed by atoms with Gasteiger partial charge in [0.15, 0.2) is 0 Å². The predicted molar refractivity (Wildman–Crippen MR) is 81.9 cm³/mol. The summed E-state index contributed by atoms with van der Waals surface area (Å²) in [5.41, 5.74) is 0.862. The van der Waals surface area contributed by atoms with Gasteiger partial charge >= 0.3 is 0 Å². The van der Waals surface area contributed by atoms with Crippen molar-refractivity contribution >= 4 is 15.9 Å². The molecule has 0 atom stereocenters. The van der Waals surface area contributed by atoms with Crippen molar-refractivity contribution < 1.29 is 8.78 Å². The van der Waals surface area contributed by atoms with Gasteiger partial charge < -0.3 is 5.32 Å². The van der Waals surface area contributed by atoms with Gasteiger partial charge in [-0.15, -0.1) is 0 Å². The first-order chi connectivity index (χ1) is 9.97. The Balaban J connectivity index is 2.04. The van der Waals surface area contributed by atoms with Crippen LogP contribution < -0.4 is 5.32 Å². The molecule has 0 unspecified atom stereocenters. The molecule has 1 heterocycles. The van der Waals surface area contributed by atoms with Gasteiger partial charge in [0.25, 0.3) is 0 Å². The van der Waals surface area contributed by atoms with E-state index in [4.69, 9.17) is 0 Å². The second-order valence-corrected chi connectivity index (χ2v) is 6.21. The van der Waals surface area contributed by atoms with Gasteiger partial charge in [0.05, 0.1) is 16.7 Å². The first-order valence-corrected chi connectivity index (χ1v) is 7.62. The number of nitrogens with one attached hydrogen (secondary N) is 1. The molecule has 0 aliphatic carbocycles. The first kappa shape index (κ1) is 16.1. The van der Waals surface area contributed by atoms with Gasteiger partial charge in [0.1, 0.15) is 11.6 Å². The van der Waals surface area contributed by atoms with Crippen LogP contribution in [0.5, 0.6) is 0 Å². The quantitative estimate of drug-likeness (QED) is 0.798. The molecule has 0 radical (unpaired) electrons. The molecule has 114 valence electrons. The first-order valence-electron chi connectivity index (χ1n) is 6.82. The number of hydrogen-bond acceptors (Lipinski definition) is 2. The highest BCUT2D eigenvalue weighted by Crippen LogP contribution is 2.22. The van der Waals surface area contributed by atoms with Gasteiger partial charge in [-0.3, -0.25) is 4.68 Å². The van der Waals surface area contributed by atoms with Gasteiger partial charge in [-0.1, -0.05) is 13.8 Å². The van der Waals surface area contributed by atoms with Gasteiger partial charge in [0, 0.05) is 18.3 Å². The third-order valence-electron chi connectivity index (χ3n) is 3.01. The van der Waals surface area contributed by atoms with Crippen LogP contribution in [0.25, 0.3) is 0 Å². The summed E-state index contributed by atoms with van der Waals surface area (Å²) in [5, 5.41) is 7.60. The molecule has 2 rings (SSSR count). The maximum atomic E-state index is 13.9. The lowest BCUT2D eigenvalue weighted by molar-refractivity contribution is 0.521. The van der Waals surface area contributed by atoms with Crippen LogP contribution in [-0.2, 0) is 13.1 Å². The van der Waals surface area contributed by atoms with Crippen LogP contribution in [0.15, 0.2) is 28.9 Å². The average Bonchev–Trinajstić information content (AvgIpc) is 2.86. The molecule has 0 saturated carbocycles. The van der Waals surface area contributed by atoms with E-state index in [0.29, 0.717) is 12.5 Å². The van der Waals surface area contributed by atoms with E-state index in [-0.39, 0.29) is 16.6 Å². The van der Waals surface area contributed by atoms with Crippen molar-refractivity contribution in [1.82, 2.24) is 15.1 Å². The topological polar surface area (TPSA) is 29.9 Å². The van der Waals surface area contributed by atoms with E-state index in [1.54, 1.807) is 10.9 Å². The fourth-order valence-electron chi connectivity index (χ4n) is 1.95. The molecule has 21 heavy (non-hydrogen) atoms. The molecule has 1 aromatic heterocycles. The Morgan fingerprint density at radius 3 is 2.76 bits per heavy atom. The van der Waals surface area contributed by atoms with Crippen LogP contribution in [0.2, 0.25) is 0 Å². The number of halogens is 3. The Morgan fingerprint density at radius 2 is 2.05 bits per heavy atom. The van der Waals surface area contributed by atoms with E-state index in [0.717, 1.165) is 12.2 Å². The smallest absolute Gasteiger partial charge is 0.145 e. The standard InChI is InChI=1S/C15H18BrF2N3/c1-10(2)7-19-8-11-5-6-21(20-11)9-12-14(17)4-3-13(16)15(12)18/h3-6,10,19H,7-9H2,1-2H3. The van der Waals surface area contributed by atoms with Crippen LogP contribution in [0.3, 0.4) is 0 Å². The third kappa shape index (κ3) is 4.35. The molecule has 0 saturated heterocycles. The summed E-state index contributed by atoms with van der Waals surface area (Å²) in [6, 6.07) is 4.46. The lowest BCUT2D eigenvalue weighted by Gasteiger charge is -2.07. The molecule has 0 spiro atoms. The highest BCUT2D eigenvalue weighted by molar-refractivity contribution is 9.10. The minimum Gasteiger partial charge on any atom is -0.311 e. The molecule has 1 N–H and O–H groups in total. The number of benzene rings is 1. The fourth-order valence-corrected chi connectivity index (χ4v) is 2.32. The Labute approximate surface area is 131 Å². The molecule has 0 bridgehead atoms. The fraction of sp³-hybridized carbons (Fsp3) is 0.400. The molecule has 0 aliphatic heterocycles. The van der Waals surface area contributed by atoms with Gasteiger partial charge in [-0.05, 0) is 46.6 Å². The van der Waals surface area contributed by atoms with Gasteiger partial charge in [-0.25, -0.2) is 8.78 Å². The van der Waals surface area contributed by atoms with E-state index in [1.807, 2.05) is 6.07 Å². The number of nitrogens with zero attached hydrogens (tertiary/aromatic N) is 2. The minimum absolute atomic E-state index is 0.00849. The average molecular weight is 358 g/mol. The van der Waals surface area contributed by atoms with Crippen LogP contribution in [0.4, 0.5) is 8.78 Å². The predicted octanol–water partition coefficient (Wildman–Crippen LogP) is 3.72. The molecule has 0 aliphatic rings. The zero-order chi connectivity index (χ0) is 15.4. The monoisotopic (exact) mass is 357 g/mol. The summed E-state index contributed by atoms with van der Waals surface area (Å²) in [4.78, 5) is 0. The van der Waals surface area contributed by atoms with Crippen molar-refractivity contribution in [3.05, 3.63) is 51.8 Å². The summed E-state index contributed by atoms with van der Waals surface area (Å²) in [7, 11) is 0. The highest BCUT2D eigenvalue weighted by atomic mass is 79.9. The second-order valence-electron chi connectivity index (χ2n) is 5.35. The van der Waals surface area contributed by atoms with E-state index < -0.39 is 11.6 Å². The summed E-state index contributed by atoms with van der Waals surface area (Å²) >= 11 is 3.07. The van der Waals surface area contributed by atoms with Crippen molar-refractivity contribution in [2.45, 2.75) is 26.9 Å². The van der Waals surface area contributed by atoms with Crippen molar-refractivity contribution in [2.24, 2.45) is 5.92 Å². The number of aromatic nitrogens is 2. The number of rotatable bonds is 6. The maximum absolute atomic E-state index is 13.9. The van der Waals surface area contributed by atoms with Crippen molar-refractivity contribution in [3.8, 4) is 0 Å². The lowest BCUT2D eigenvalue weighted by atomic mass is 10.2. The summed E-state index contributed by atoms with van der Waals surface area (Å²) in [6.07, 6.45) is 1.73. The van der Waals surface area contributed by atoms with Crippen LogP contribution in [0.1, 0.15) is 25.1 Å². The van der Waals surface area contributed by atoms with E-state index in [2.05, 4.69) is 40.2 Å². The summed E-state index contributed by atoms with van der Waals surface area (Å²) in [6.45, 7) is 5.88. The van der Waals surface area contributed by atoms with Crippen LogP contribution >= 0.6 is 15.9 Å². The summed E-state index contributed by atoms with van der Waals surface area (Å²) < 4.78 is 29.4. The third-order valence-corrected chi connectivity index (χ3v) is 3.63. The molecule has 6 heteroatoms. The minimum atomic E-state index is -0.579. The zero-order valence-corrected chi connectivity index (χ0v) is 13.6. The lowest BCUT2D eigenvalue weighted by Crippen LogP contribution is -2.19. The van der Waals surface area contributed by atoms with E-state index in [9.17, 15) is 8.78 Å². The molecule has 1 aromatic carbocycles. The molecule has 0 fully saturated rings. The normalized spacial score (nSPS) is 11.3. The van der Waals surface area contributed by atoms with Crippen molar-refractivity contribution in [2.75, 3.05) is 6.54 Å². The summed E-state index contributed by atoms with van der Waals surface area (Å²) in [5.74, 6) is -0.576. The van der Waals surface area contributed by atoms with E-state index in [1.165, 1.54) is 12.1 Å². The van der Waals surface area contributed by atoms with Gasteiger partial charge in [-0.2, -0.15) is 5.10 Å². The molecule has 3 nitrogen and oxygen atoms in total. The van der Waals surface area contributed by atoms with E-state index >= 15 is 0 Å². The Hall–Kier alpha value is -1.27. The maximum Gasteiger partial charge on any atom is 0.145 e. The highest BCUT2D eigenvalue weighted by Gasteiger charge is 2.13. The molecule has 0 amide bonds.